The van der Waals surface area contributed by atoms with Gasteiger partial charge in [0.15, 0.2) is 11.0 Å². The molecule has 0 spiro atoms. The van der Waals surface area contributed by atoms with Crippen LogP contribution in [0.15, 0.2) is 24.5 Å². The van der Waals surface area contributed by atoms with E-state index in [1.807, 2.05) is 0 Å². The summed E-state index contributed by atoms with van der Waals surface area (Å²) >= 11 is 11.4. The normalized spacial score (nSPS) is 10.2. The van der Waals surface area contributed by atoms with Crippen LogP contribution in [0.2, 0.25) is 10.2 Å². The summed E-state index contributed by atoms with van der Waals surface area (Å²) in [6.07, 6.45) is 1.06. The van der Waals surface area contributed by atoms with Crippen molar-refractivity contribution in [2.24, 2.45) is 0 Å². The fraction of sp³-hybridized carbons (Fsp3) is 0. The van der Waals surface area contributed by atoms with Gasteiger partial charge in [-0.15, -0.1) is 0 Å². The molecule has 1 aromatic carbocycles. The van der Waals surface area contributed by atoms with Crippen LogP contribution in [0.25, 0.3) is 0 Å². The predicted octanol–water partition coefficient (Wildman–Crippen LogP) is 3.08. The summed E-state index contributed by atoms with van der Waals surface area (Å²) in [5.41, 5.74) is -1.02. The van der Waals surface area contributed by atoms with Gasteiger partial charge in [0, 0.05) is 0 Å². The fourth-order valence-corrected chi connectivity index (χ4v) is 1.74. The topological polar surface area (TPSA) is 98.0 Å². The van der Waals surface area contributed by atoms with Crippen LogP contribution in [0, 0.1) is 15.9 Å². The van der Waals surface area contributed by atoms with Gasteiger partial charge in [0.05, 0.1) is 11.0 Å². The molecule has 1 N–H and O–H groups in total. The Bertz CT molecular complexity index is 741. The van der Waals surface area contributed by atoms with Crippen LogP contribution in [-0.4, -0.2) is 20.8 Å². The van der Waals surface area contributed by atoms with Gasteiger partial charge in [-0.2, -0.15) is 0 Å². The number of hydrogen-bond donors (Lipinski definition) is 1. The number of anilines is 1. The fourth-order valence-electron chi connectivity index (χ4n) is 1.46. The number of nitrogens with zero attached hydrogens (tertiary/aromatic N) is 3. The van der Waals surface area contributed by atoms with Crippen LogP contribution < -0.4 is 5.32 Å². The van der Waals surface area contributed by atoms with Gasteiger partial charge in [-0.3, -0.25) is 14.9 Å². The van der Waals surface area contributed by atoms with Gasteiger partial charge in [-0.1, -0.05) is 23.2 Å². The average molecular weight is 331 g/mol. The number of aromatic nitrogens is 2. The number of amides is 1. The number of nitrogens with one attached hydrogen (secondary N) is 1. The lowest BCUT2D eigenvalue weighted by Gasteiger charge is -2.07. The van der Waals surface area contributed by atoms with Crippen LogP contribution in [0.5, 0.6) is 0 Å². The molecule has 0 bridgehead atoms. The van der Waals surface area contributed by atoms with Gasteiger partial charge in [-0.25, -0.2) is 14.4 Å². The smallest absolute Gasteiger partial charge is 0.285 e. The number of nitro groups is 1. The maximum Gasteiger partial charge on any atom is 0.285 e. The van der Waals surface area contributed by atoms with Crippen LogP contribution in [0.4, 0.5) is 15.9 Å². The van der Waals surface area contributed by atoms with Crippen LogP contribution in [-0.2, 0) is 0 Å². The summed E-state index contributed by atoms with van der Waals surface area (Å²) in [7, 11) is 0. The van der Waals surface area contributed by atoms with E-state index in [9.17, 15) is 19.3 Å². The molecule has 2 rings (SSSR count). The monoisotopic (exact) mass is 330 g/mol. The molecule has 0 atom stereocenters. The summed E-state index contributed by atoms with van der Waals surface area (Å²) in [4.78, 5) is 29.3. The Morgan fingerprint density at radius 1 is 1.33 bits per heavy atom. The molecular weight excluding hydrogens is 326 g/mol. The Hall–Kier alpha value is -2.32. The first-order valence-corrected chi connectivity index (χ1v) is 6.07. The van der Waals surface area contributed by atoms with Crippen molar-refractivity contribution in [3.8, 4) is 0 Å². The van der Waals surface area contributed by atoms with Crippen molar-refractivity contribution >= 4 is 40.6 Å². The van der Waals surface area contributed by atoms with E-state index in [-0.39, 0.29) is 21.6 Å². The SMILES string of the molecule is O=C(Nc1ncnc(Cl)c1Cl)c1ccc(F)cc1[N+](=O)[O-]. The lowest BCUT2D eigenvalue weighted by atomic mass is 10.1. The molecule has 0 aliphatic heterocycles. The second-order valence-electron chi connectivity index (χ2n) is 3.70. The van der Waals surface area contributed by atoms with Crippen molar-refractivity contribution in [1.82, 2.24) is 9.97 Å². The zero-order chi connectivity index (χ0) is 15.6. The van der Waals surface area contributed by atoms with Crippen molar-refractivity contribution in [2.75, 3.05) is 5.32 Å². The quantitative estimate of drug-likeness (QED) is 0.529. The number of carbonyl (C=O) groups excluding carboxylic acids is 1. The van der Waals surface area contributed by atoms with E-state index >= 15 is 0 Å². The van der Waals surface area contributed by atoms with Crippen molar-refractivity contribution < 1.29 is 14.1 Å². The van der Waals surface area contributed by atoms with Gasteiger partial charge in [0.25, 0.3) is 11.6 Å². The van der Waals surface area contributed by atoms with Crippen molar-refractivity contribution in [1.29, 1.82) is 0 Å². The van der Waals surface area contributed by atoms with Crippen molar-refractivity contribution in [3.63, 3.8) is 0 Å². The molecule has 1 heterocycles. The molecule has 0 unspecified atom stereocenters. The van der Waals surface area contributed by atoms with Gasteiger partial charge in [0.2, 0.25) is 0 Å². The van der Waals surface area contributed by atoms with Gasteiger partial charge in [0.1, 0.15) is 22.7 Å². The molecule has 0 radical (unpaired) electrons. The molecule has 21 heavy (non-hydrogen) atoms. The Balaban J connectivity index is 2.37. The highest BCUT2D eigenvalue weighted by molar-refractivity contribution is 6.43. The Kier molecular flexibility index (Phi) is 4.29. The maximum atomic E-state index is 13.0. The average Bonchev–Trinajstić information content (AvgIpc) is 2.43. The summed E-state index contributed by atoms with van der Waals surface area (Å²) in [5.74, 6) is -1.82. The van der Waals surface area contributed by atoms with Crippen molar-refractivity contribution in [2.45, 2.75) is 0 Å². The molecule has 1 amide bonds. The second-order valence-corrected chi connectivity index (χ2v) is 4.44. The summed E-state index contributed by atoms with van der Waals surface area (Å²) in [6, 6.07) is 2.56. The third kappa shape index (κ3) is 3.23. The Morgan fingerprint density at radius 2 is 2.05 bits per heavy atom. The maximum absolute atomic E-state index is 13.0. The minimum absolute atomic E-state index is 0.0874. The van der Waals surface area contributed by atoms with E-state index in [1.165, 1.54) is 0 Å². The highest BCUT2D eigenvalue weighted by atomic mass is 35.5. The predicted molar refractivity (Wildman–Crippen MR) is 73.1 cm³/mol. The van der Waals surface area contributed by atoms with Crippen LogP contribution in [0.3, 0.4) is 0 Å². The highest BCUT2D eigenvalue weighted by Crippen LogP contribution is 2.27. The van der Waals surface area contributed by atoms with E-state index in [0.29, 0.717) is 6.07 Å². The molecule has 1 aromatic heterocycles. The number of halogens is 3. The minimum atomic E-state index is -0.877. The minimum Gasteiger partial charge on any atom is -0.305 e. The number of rotatable bonds is 3. The number of benzene rings is 1. The van der Waals surface area contributed by atoms with Crippen molar-refractivity contribution in [3.05, 3.63) is 56.2 Å². The second kappa shape index (κ2) is 5.98. The standard InChI is InChI=1S/C11H5Cl2FN4O3/c12-8-9(13)15-4-16-10(8)17-11(19)6-2-1-5(14)3-7(6)18(20)21/h1-4H,(H,15,16,17,19). The molecular formula is C11H5Cl2FN4O3. The molecule has 0 saturated heterocycles. The molecule has 10 heteroatoms. The van der Waals surface area contributed by atoms with Gasteiger partial charge < -0.3 is 5.32 Å². The molecule has 108 valence electrons. The first kappa shape index (κ1) is 15.1. The third-order valence-corrected chi connectivity index (χ3v) is 3.12. The zero-order valence-electron chi connectivity index (χ0n) is 10.0. The zero-order valence-corrected chi connectivity index (χ0v) is 11.5. The third-order valence-electron chi connectivity index (χ3n) is 2.38. The first-order chi connectivity index (χ1) is 9.90. The van der Waals surface area contributed by atoms with Gasteiger partial charge in [-0.05, 0) is 12.1 Å². The number of nitro benzene ring substituents is 1. The van der Waals surface area contributed by atoms with E-state index in [4.69, 9.17) is 23.2 Å². The molecule has 0 fully saturated rings. The lowest BCUT2D eigenvalue weighted by Crippen LogP contribution is -2.15. The van der Waals surface area contributed by atoms with Crippen LogP contribution in [0.1, 0.15) is 10.4 Å². The molecule has 0 saturated carbocycles. The lowest BCUT2D eigenvalue weighted by molar-refractivity contribution is -0.385. The Morgan fingerprint density at radius 3 is 2.71 bits per heavy atom. The van der Waals surface area contributed by atoms with Crippen LogP contribution >= 0.6 is 23.2 Å². The highest BCUT2D eigenvalue weighted by Gasteiger charge is 2.22. The summed E-state index contributed by atoms with van der Waals surface area (Å²) < 4.78 is 13.0. The Labute approximate surface area is 126 Å². The molecule has 0 aliphatic carbocycles. The first-order valence-electron chi connectivity index (χ1n) is 5.31. The van der Waals surface area contributed by atoms with E-state index < -0.39 is 22.3 Å². The summed E-state index contributed by atoms with van der Waals surface area (Å²) in [5, 5.41) is 12.9. The van der Waals surface area contributed by atoms with E-state index in [1.54, 1.807) is 0 Å². The number of hydrogen-bond acceptors (Lipinski definition) is 5. The molecule has 7 nitrogen and oxygen atoms in total. The van der Waals surface area contributed by atoms with Gasteiger partial charge >= 0.3 is 0 Å². The molecule has 2 aromatic rings. The summed E-state index contributed by atoms with van der Waals surface area (Å²) in [6.45, 7) is 0. The van der Waals surface area contributed by atoms with E-state index in [0.717, 1.165) is 18.5 Å². The largest absolute Gasteiger partial charge is 0.305 e. The molecule has 0 aliphatic rings. The van der Waals surface area contributed by atoms with E-state index in [2.05, 4.69) is 15.3 Å². The number of carbonyl (C=O) groups is 1.